The van der Waals surface area contributed by atoms with Gasteiger partial charge in [0.25, 0.3) is 5.82 Å². The number of nitrogens with one attached hydrogen (secondary N) is 1. The Morgan fingerprint density at radius 3 is 2.41 bits per heavy atom. The zero-order chi connectivity index (χ0) is 23.5. The largest absolute Gasteiger partial charge is 1.00 e. The SMILES string of the molecule is Cc1[nH]cc[n+]1CC(Cc1ccccc1)OC(=O)[C@](O)(c1ccccc1)[C@@H]1CCC(F)(F)C1.[Br-]. The van der Waals surface area contributed by atoms with Gasteiger partial charge in [0.15, 0.2) is 5.60 Å². The van der Waals surface area contributed by atoms with E-state index in [4.69, 9.17) is 4.74 Å². The van der Waals surface area contributed by atoms with Gasteiger partial charge in [0.2, 0.25) is 5.92 Å². The Kier molecular flexibility index (Phi) is 8.25. The first-order valence-corrected chi connectivity index (χ1v) is 11.2. The number of aliphatic hydroxyl groups is 1. The summed E-state index contributed by atoms with van der Waals surface area (Å²) in [5.41, 5.74) is -0.894. The Balaban J connectivity index is 0.00000324. The van der Waals surface area contributed by atoms with Gasteiger partial charge in [-0.05, 0) is 17.5 Å². The molecule has 34 heavy (non-hydrogen) atoms. The Bertz CT molecular complexity index is 1080. The van der Waals surface area contributed by atoms with Crippen LogP contribution in [-0.2, 0) is 28.1 Å². The number of H-pyrrole nitrogens is 1. The molecule has 3 atom stereocenters. The number of hydrogen-bond acceptors (Lipinski definition) is 3. The van der Waals surface area contributed by atoms with Crippen molar-refractivity contribution in [1.82, 2.24) is 4.98 Å². The predicted molar refractivity (Wildman–Crippen MR) is 118 cm³/mol. The first-order valence-electron chi connectivity index (χ1n) is 11.2. The number of ether oxygens (including phenoxy) is 1. The van der Waals surface area contributed by atoms with E-state index in [1.165, 1.54) is 0 Å². The Morgan fingerprint density at radius 2 is 1.85 bits per heavy atom. The number of nitrogens with zero attached hydrogens (tertiary/aromatic N) is 1. The molecule has 2 N–H and O–H groups in total. The monoisotopic (exact) mass is 534 g/mol. The molecule has 0 radical (unpaired) electrons. The van der Waals surface area contributed by atoms with Crippen molar-refractivity contribution in [3.63, 3.8) is 0 Å². The number of hydrogen-bond donors (Lipinski definition) is 2. The molecule has 0 bridgehead atoms. The molecule has 3 aromatic rings. The van der Waals surface area contributed by atoms with E-state index in [2.05, 4.69) is 4.98 Å². The number of rotatable bonds is 8. The average molecular weight is 535 g/mol. The standard InChI is InChI=1S/C26H28F2N2O3.BrH/c1-19-29-14-15-30(19)18-23(16-20-8-4-2-5-9-20)33-24(31)26(32,21-10-6-3-7-11-21)22-12-13-25(27,28)17-22;/h2-11,14-15,22-23,32H,12-13,16-18H2,1H3;1H/t22-,23?,26+;/m1./s1. The van der Waals surface area contributed by atoms with Crippen molar-refractivity contribution >= 4 is 5.97 Å². The lowest BCUT2D eigenvalue weighted by atomic mass is 9.80. The Labute approximate surface area is 208 Å². The Morgan fingerprint density at radius 1 is 1.21 bits per heavy atom. The van der Waals surface area contributed by atoms with E-state index in [1.807, 2.05) is 48.0 Å². The number of imidazole rings is 1. The van der Waals surface area contributed by atoms with Crippen LogP contribution >= 0.6 is 0 Å². The van der Waals surface area contributed by atoms with Gasteiger partial charge in [-0.3, -0.25) is 0 Å². The van der Waals surface area contributed by atoms with Gasteiger partial charge in [0.05, 0.1) is 0 Å². The highest BCUT2D eigenvalue weighted by Gasteiger charge is 2.54. The van der Waals surface area contributed by atoms with Gasteiger partial charge in [0.1, 0.15) is 25.0 Å². The molecule has 8 heteroatoms. The van der Waals surface area contributed by atoms with Crippen LogP contribution in [0.4, 0.5) is 8.78 Å². The van der Waals surface area contributed by atoms with E-state index < -0.39 is 35.9 Å². The molecule has 1 heterocycles. The first-order chi connectivity index (χ1) is 15.8. The second kappa shape index (κ2) is 10.8. The molecule has 1 unspecified atom stereocenters. The highest BCUT2D eigenvalue weighted by molar-refractivity contribution is 5.82. The van der Waals surface area contributed by atoms with Crippen molar-refractivity contribution in [2.24, 2.45) is 5.92 Å². The summed E-state index contributed by atoms with van der Waals surface area (Å²) in [6, 6.07) is 17.9. The van der Waals surface area contributed by atoms with Crippen molar-refractivity contribution in [3.8, 4) is 0 Å². The quantitative estimate of drug-likeness (QED) is 0.336. The maximum atomic E-state index is 14.1. The Hall–Kier alpha value is -2.58. The third kappa shape index (κ3) is 5.73. The van der Waals surface area contributed by atoms with Crippen LogP contribution in [0.15, 0.2) is 73.1 Å². The minimum Gasteiger partial charge on any atom is -1.00 e. The molecule has 1 saturated carbocycles. The number of esters is 1. The van der Waals surface area contributed by atoms with E-state index in [0.29, 0.717) is 13.0 Å². The smallest absolute Gasteiger partial charge is 0.343 e. The number of carbonyl (C=O) groups is 1. The lowest BCUT2D eigenvalue weighted by Gasteiger charge is -2.33. The zero-order valence-corrected chi connectivity index (χ0v) is 20.5. The molecule has 1 aromatic heterocycles. The van der Waals surface area contributed by atoms with Gasteiger partial charge in [-0.25, -0.2) is 23.1 Å². The van der Waals surface area contributed by atoms with E-state index in [9.17, 15) is 18.7 Å². The molecule has 2 aromatic carbocycles. The lowest BCUT2D eigenvalue weighted by Crippen LogP contribution is -3.00. The predicted octanol–water partition coefficient (Wildman–Crippen LogP) is 1.09. The number of carbonyl (C=O) groups excluding carboxylic acids is 1. The van der Waals surface area contributed by atoms with E-state index in [-0.39, 0.29) is 35.4 Å². The highest BCUT2D eigenvalue weighted by Crippen LogP contribution is 2.48. The minimum atomic E-state index is -2.91. The van der Waals surface area contributed by atoms with Gasteiger partial charge in [-0.15, -0.1) is 0 Å². The molecule has 0 saturated heterocycles. The number of aryl methyl sites for hydroxylation is 1. The van der Waals surface area contributed by atoms with Crippen LogP contribution in [0.2, 0.25) is 0 Å². The molecule has 0 amide bonds. The molecule has 1 aliphatic rings. The van der Waals surface area contributed by atoms with Crippen LogP contribution in [0.1, 0.15) is 36.2 Å². The fourth-order valence-corrected chi connectivity index (χ4v) is 4.64. The maximum absolute atomic E-state index is 14.1. The molecule has 1 aliphatic carbocycles. The number of alkyl halides is 2. The zero-order valence-electron chi connectivity index (χ0n) is 19.0. The highest BCUT2D eigenvalue weighted by atomic mass is 79.9. The molecule has 5 nitrogen and oxygen atoms in total. The minimum absolute atomic E-state index is 0. The summed E-state index contributed by atoms with van der Waals surface area (Å²) in [5.74, 6) is -3.83. The lowest BCUT2D eigenvalue weighted by molar-refractivity contribution is -0.707. The van der Waals surface area contributed by atoms with Crippen molar-refractivity contribution in [1.29, 1.82) is 0 Å². The molecular formula is C26H29BrF2N2O3. The van der Waals surface area contributed by atoms with Crippen LogP contribution in [-0.4, -0.2) is 28.1 Å². The van der Waals surface area contributed by atoms with Crippen molar-refractivity contribution in [3.05, 3.63) is 90.0 Å². The van der Waals surface area contributed by atoms with Gasteiger partial charge < -0.3 is 26.8 Å². The van der Waals surface area contributed by atoms with E-state index in [1.54, 1.807) is 36.5 Å². The summed E-state index contributed by atoms with van der Waals surface area (Å²) in [5, 5.41) is 11.7. The molecule has 1 fully saturated rings. The van der Waals surface area contributed by atoms with Gasteiger partial charge in [-0.1, -0.05) is 60.7 Å². The molecule has 182 valence electrons. The number of halogens is 3. The molecule has 0 spiro atoms. The van der Waals surface area contributed by atoms with Crippen LogP contribution in [0.3, 0.4) is 0 Å². The first kappa shape index (κ1) is 26.0. The number of benzene rings is 2. The normalized spacial score (nSPS) is 19.6. The second-order valence-electron chi connectivity index (χ2n) is 8.84. The topological polar surface area (TPSA) is 66.2 Å². The fourth-order valence-electron chi connectivity index (χ4n) is 4.64. The van der Waals surface area contributed by atoms with Crippen molar-refractivity contribution in [2.45, 2.75) is 56.8 Å². The second-order valence-corrected chi connectivity index (χ2v) is 8.84. The average Bonchev–Trinajstić information content (AvgIpc) is 3.39. The van der Waals surface area contributed by atoms with Gasteiger partial charge >= 0.3 is 5.97 Å². The summed E-state index contributed by atoms with van der Waals surface area (Å²) in [4.78, 5) is 16.6. The third-order valence-corrected chi connectivity index (χ3v) is 6.48. The summed E-state index contributed by atoms with van der Waals surface area (Å²) in [7, 11) is 0. The summed E-state index contributed by atoms with van der Waals surface area (Å²) < 4.78 is 36.0. The summed E-state index contributed by atoms with van der Waals surface area (Å²) in [6.07, 6.45) is 2.60. The van der Waals surface area contributed by atoms with Gasteiger partial charge in [0, 0.05) is 32.1 Å². The number of aromatic amines is 1. The molecular weight excluding hydrogens is 506 g/mol. The van der Waals surface area contributed by atoms with Crippen LogP contribution in [0.25, 0.3) is 0 Å². The van der Waals surface area contributed by atoms with Crippen LogP contribution < -0.4 is 21.5 Å². The molecule has 4 rings (SSSR count). The van der Waals surface area contributed by atoms with E-state index >= 15 is 0 Å². The van der Waals surface area contributed by atoms with Crippen LogP contribution in [0, 0.1) is 12.8 Å². The molecule has 0 aliphatic heterocycles. The maximum Gasteiger partial charge on any atom is 0.343 e. The summed E-state index contributed by atoms with van der Waals surface area (Å²) >= 11 is 0. The summed E-state index contributed by atoms with van der Waals surface area (Å²) in [6.45, 7) is 2.27. The van der Waals surface area contributed by atoms with E-state index in [0.717, 1.165) is 11.4 Å². The van der Waals surface area contributed by atoms with Gasteiger partial charge in [-0.2, -0.15) is 0 Å². The van der Waals surface area contributed by atoms with Crippen LogP contribution in [0.5, 0.6) is 0 Å². The van der Waals surface area contributed by atoms with Crippen molar-refractivity contribution in [2.75, 3.05) is 0 Å². The van der Waals surface area contributed by atoms with Crippen molar-refractivity contribution < 1.29 is 45.0 Å². The number of aromatic nitrogens is 2. The third-order valence-electron chi connectivity index (χ3n) is 6.48. The fraction of sp³-hybridized carbons (Fsp3) is 0.385.